The molecule has 5 nitrogen and oxygen atoms in total. The first-order chi connectivity index (χ1) is 12.3. The summed E-state index contributed by atoms with van der Waals surface area (Å²) in [5.41, 5.74) is 1.13. The van der Waals surface area contributed by atoms with Crippen molar-refractivity contribution in [3.05, 3.63) is 60.2 Å². The number of methoxy groups -OCH3 is 1. The van der Waals surface area contributed by atoms with Gasteiger partial charge in [-0.3, -0.25) is 0 Å². The summed E-state index contributed by atoms with van der Waals surface area (Å²) in [6.45, 7) is 2.83. The fraction of sp³-hybridized carbons (Fsp3) is 0.400. The maximum Gasteiger partial charge on any atom is 0.120 e. The molecule has 0 amide bonds. The van der Waals surface area contributed by atoms with Crippen molar-refractivity contribution in [1.82, 2.24) is 5.32 Å². The topological polar surface area (TPSA) is 60.0 Å². The third-order valence-corrected chi connectivity index (χ3v) is 3.60. The molecule has 0 bridgehead atoms. The second-order valence-electron chi connectivity index (χ2n) is 5.76. The molecule has 0 aliphatic carbocycles. The van der Waals surface area contributed by atoms with Crippen LogP contribution >= 0.6 is 0 Å². The van der Waals surface area contributed by atoms with Crippen molar-refractivity contribution in [3.63, 3.8) is 0 Å². The van der Waals surface area contributed by atoms with Crippen LogP contribution in [0.25, 0.3) is 0 Å². The lowest BCUT2D eigenvalue weighted by Gasteiger charge is -2.13. The van der Waals surface area contributed by atoms with E-state index in [2.05, 4.69) is 5.32 Å². The molecule has 0 saturated heterocycles. The van der Waals surface area contributed by atoms with Crippen LogP contribution in [-0.2, 0) is 11.3 Å². The molecule has 0 fully saturated rings. The summed E-state index contributed by atoms with van der Waals surface area (Å²) >= 11 is 0. The number of aliphatic hydroxyl groups is 1. The number of rotatable bonds is 12. The van der Waals surface area contributed by atoms with Gasteiger partial charge in [-0.05, 0) is 42.8 Å². The maximum atomic E-state index is 9.89. The minimum Gasteiger partial charge on any atom is -0.491 e. The molecule has 2 N–H and O–H groups in total. The van der Waals surface area contributed by atoms with Crippen LogP contribution in [0.4, 0.5) is 0 Å². The van der Waals surface area contributed by atoms with Crippen molar-refractivity contribution in [3.8, 4) is 11.5 Å². The van der Waals surface area contributed by atoms with Gasteiger partial charge in [-0.15, -0.1) is 0 Å². The van der Waals surface area contributed by atoms with Crippen LogP contribution < -0.4 is 14.8 Å². The van der Waals surface area contributed by atoms with Crippen LogP contribution in [0.5, 0.6) is 11.5 Å². The van der Waals surface area contributed by atoms with Crippen molar-refractivity contribution in [1.29, 1.82) is 0 Å². The monoisotopic (exact) mass is 345 g/mol. The highest BCUT2D eigenvalue weighted by Crippen LogP contribution is 2.18. The lowest BCUT2D eigenvalue weighted by molar-refractivity contribution is 0.105. The summed E-state index contributed by atoms with van der Waals surface area (Å²) in [5, 5.41) is 13.1. The summed E-state index contributed by atoms with van der Waals surface area (Å²) in [6.07, 6.45) is 0.380. The van der Waals surface area contributed by atoms with E-state index in [1.165, 1.54) is 0 Å². The Bertz CT molecular complexity index is 574. The summed E-state index contributed by atoms with van der Waals surface area (Å²) in [7, 11) is 1.68. The summed E-state index contributed by atoms with van der Waals surface area (Å²) in [5.74, 6) is 1.50. The summed E-state index contributed by atoms with van der Waals surface area (Å²) in [4.78, 5) is 0. The molecule has 0 spiro atoms. The van der Waals surface area contributed by atoms with Gasteiger partial charge >= 0.3 is 0 Å². The molecule has 0 aliphatic rings. The molecule has 0 aromatic heterocycles. The van der Waals surface area contributed by atoms with Crippen molar-refractivity contribution in [2.45, 2.75) is 19.1 Å². The van der Waals surface area contributed by atoms with E-state index < -0.39 is 6.10 Å². The predicted octanol–water partition coefficient (Wildman–Crippen LogP) is 2.63. The van der Waals surface area contributed by atoms with Crippen molar-refractivity contribution in [2.75, 3.05) is 33.4 Å². The van der Waals surface area contributed by atoms with Crippen LogP contribution in [0.3, 0.4) is 0 Å². The molecule has 2 aromatic carbocycles. The molecule has 2 rings (SSSR count). The summed E-state index contributed by atoms with van der Waals surface area (Å²) in [6, 6.07) is 17.5. The Morgan fingerprint density at radius 1 is 0.960 bits per heavy atom. The van der Waals surface area contributed by atoms with Gasteiger partial charge in [-0.1, -0.05) is 30.3 Å². The Labute approximate surface area is 149 Å². The molecule has 5 heteroatoms. The van der Waals surface area contributed by atoms with Gasteiger partial charge in [0.15, 0.2) is 0 Å². The zero-order valence-electron chi connectivity index (χ0n) is 14.7. The third kappa shape index (κ3) is 8.03. The van der Waals surface area contributed by atoms with Crippen LogP contribution in [0.15, 0.2) is 54.6 Å². The fourth-order valence-corrected chi connectivity index (χ4v) is 2.23. The van der Waals surface area contributed by atoms with E-state index >= 15 is 0 Å². The highest BCUT2D eigenvalue weighted by molar-refractivity contribution is 5.31. The molecule has 0 saturated carbocycles. The Kier molecular flexibility index (Phi) is 8.83. The first-order valence-corrected chi connectivity index (χ1v) is 8.55. The Morgan fingerprint density at radius 3 is 2.32 bits per heavy atom. The maximum absolute atomic E-state index is 9.89. The van der Waals surface area contributed by atoms with Gasteiger partial charge in [0.25, 0.3) is 0 Å². The minimum absolute atomic E-state index is 0.251. The van der Waals surface area contributed by atoms with E-state index in [9.17, 15) is 5.11 Å². The third-order valence-electron chi connectivity index (χ3n) is 3.60. The van der Waals surface area contributed by atoms with Gasteiger partial charge < -0.3 is 24.6 Å². The first kappa shape index (κ1) is 19.2. The first-order valence-electron chi connectivity index (χ1n) is 8.55. The molecular formula is C20H27NO4. The lowest BCUT2D eigenvalue weighted by atomic mass is 10.2. The van der Waals surface area contributed by atoms with Gasteiger partial charge in [-0.2, -0.15) is 0 Å². The van der Waals surface area contributed by atoms with Crippen LogP contribution in [0.2, 0.25) is 0 Å². The molecule has 25 heavy (non-hydrogen) atoms. The average molecular weight is 345 g/mol. The number of ether oxygens (including phenoxy) is 3. The molecule has 0 aliphatic heterocycles. The van der Waals surface area contributed by atoms with E-state index in [-0.39, 0.29) is 6.61 Å². The number of hydrogen-bond acceptors (Lipinski definition) is 5. The molecular weight excluding hydrogens is 318 g/mol. The second kappa shape index (κ2) is 11.5. The van der Waals surface area contributed by atoms with Crippen LogP contribution in [-0.4, -0.2) is 44.6 Å². The van der Waals surface area contributed by atoms with Gasteiger partial charge in [0.1, 0.15) is 30.8 Å². The largest absolute Gasteiger partial charge is 0.491 e. The highest BCUT2D eigenvalue weighted by Gasteiger charge is 2.05. The smallest absolute Gasteiger partial charge is 0.120 e. The Balaban J connectivity index is 1.64. The number of aliphatic hydroxyl groups excluding tert-OH is 1. The van der Waals surface area contributed by atoms with E-state index in [0.717, 1.165) is 30.9 Å². The predicted molar refractivity (Wildman–Crippen MR) is 98.1 cm³/mol. The van der Waals surface area contributed by atoms with Gasteiger partial charge in [0.2, 0.25) is 0 Å². The Morgan fingerprint density at radius 2 is 1.64 bits per heavy atom. The van der Waals surface area contributed by atoms with Crippen molar-refractivity contribution < 1.29 is 19.3 Å². The van der Waals surface area contributed by atoms with Gasteiger partial charge in [0, 0.05) is 20.3 Å². The van der Waals surface area contributed by atoms with Crippen LogP contribution in [0, 0.1) is 0 Å². The molecule has 1 unspecified atom stereocenters. The van der Waals surface area contributed by atoms with Crippen molar-refractivity contribution in [2.24, 2.45) is 0 Å². The van der Waals surface area contributed by atoms with Gasteiger partial charge in [-0.25, -0.2) is 0 Å². The normalized spacial score (nSPS) is 11.9. The lowest BCUT2D eigenvalue weighted by Crippen LogP contribution is -2.32. The second-order valence-corrected chi connectivity index (χ2v) is 5.76. The van der Waals surface area contributed by atoms with E-state index in [1.807, 2.05) is 54.6 Å². The van der Waals surface area contributed by atoms with E-state index in [0.29, 0.717) is 18.9 Å². The van der Waals surface area contributed by atoms with E-state index in [1.54, 1.807) is 7.11 Å². The number of nitrogens with one attached hydrogen (secondary N) is 1. The zero-order chi connectivity index (χ0) is 17.7. The molecule has 136 valence electrons. The zero-order valence-corrected chi connectivity index (χ0v) is 14.7. The average Bonchev–Trinajstić information content (AvgIpc) is 2.66. The fourth-order valence-electron chi connectivity index (χ4n) is 2.23. The SMILES string of the molecule is COCCCNCC(O)COc1ccc(OCc2ccccc2)cc1. The van der Waals surface area contributed by atoms with E-state index in [4.69, 9.17) is 14.2 Å². The minimum atomic E-state index is -0.545. The summed E-state index contributed by atoms with van der Waals surface area (Å²) < 4.78 is 16.3. The molecule has 0 radical (unpaired) electrons. The van der Waals surface area contributed by atoms with Gasteiger partial charge in [0.05, 0.1) is 0 Å². The number of benzene rings is 2. The standard InChI is InChI=1S/C20H27NO4/c1-23-13-5-12-21-14-18(22)16-25-20-10-8-19(9-11-20)24-15-17-6-3-2-4-7-17/h2-4,6-11,18,21-22H,5,12-16H2,1H3. The Hall–Kier alpha value is -2.08. The number of hydrogen-bond donors (Lipinski definition) is 2. The molecule has 1 atom stereocenters. The molecule has 0 heterocycles. The highest BCUT2D eigenvalue weighted by atomic mass is 16.5. The van der Waals surface area contributed by atoms with Crippen molar-refractivity contribution >= 4 is 0 Å². The quantitative estimate of drug-likeness (QED) is 0.579. The molecule has 2 aromatic rings. The van der Waals surface area contributed by atoms with Crippen LogP contribution in [0.1, 0.15) is 12.0 Å².